The molecule has 1 atom stereocenters. The van der Waals surface area contributed by atoms with Crippen LogP contribution in [0.4, 0.5) is 0 Å². The second-order valence-corrected chi connectivity index (χ2v) is 6.79. The van der Waals surface area contributed by atoms with Crippen LogP contribution in [-0.4, -0.2) is 24.4 Å². The molecule has 0 spiro atoms. The average Bonchev–Trinajstić information content (AvgIpc) is 2.46. The molecule has 0 aliphatic heterocycles. The van der Waals surface area contributed by atoms with Gasteiger partial charge in [-0.2, -0.15) is 0 Å². The molecule has 1 aromatic rings. The van der Waals surface area contributed by atoms with E-state index in [1.165, 1.54) is 17.3 Å². The summed E-state index contributed by atoms with van der Waals surface area (Å²) in [5.41, 5.74) is 1.20. The van der Waals surface area contributed by atoms with Gasteiger partial charge in [-0.3, -0.25) is 4.79 Å². The summed E-state index contributed by atoms with van der Waals surface area (Å²) in [5.74, 6) is 0.629. The molecule has 0 aromatic heterocycles. The highest BCUT2D eigenvalue weighted by Crippen LogP contribution is 2.37. The molecular formula is C17H24O3S. The molecule has 0 radical (unpaired) electrons. The Balaban J connectivity index is 2.94. The monoisotopic (exact) mass is 308 g/mol. The van der Waals surface area contributed by atoms with Gasteiger partial charge in [-0.1, -0.05) is 11.6 Å². The van der Waals surface area contributed by atoms with Gasteiger partial charge >= 0.3 is 5.97 Å². The van der Waals surface area contributed by atoms with Crippen LogP contribution in [0.3, 0.4) is 0 Å². The fraction of sp³-hybridized carbons (Fsp3) is 0.471. The Hall–Kier alpha value is -1.42. The van der Waals surface area contributed by atoms with E-state index in [-0.39, 0.29) is 5.97 Å². The number of methoxy groups -OCH3 is 1. The smallest absolute Gasteiger partial charge is 0.322 e. The first kappa shape index (κ1) is 17.6. The topological polar surface area (TPSA) is 35.5 Å². The number of hydrogen-bond acceptors (Lipinski definition) is 4. The first-order valence-corrected chi connectivity index (χ1v) is 7.86. The van der Waals surface area contributed by atoms with Crippen molar-refractivity contribution in [3.63, 3.8) is 0 Å². The molecule has 0 aliphatic rings. The molecule has 0 amide bonds. The molecule has 0 aliphatic carbocycles. The lowest BCUT2D eigenvalue weighted by Crippen LogP contribution is -2.33. The minimum atomic E-state index is -0.623. The SMILES string of the molecule is CCOC(=O)C(C)(CC=C(C)C)Sc1ccc(OC)cc1. The van der Waals surface area contributed by atoms with Gasteiger partial charge in [0.05, 0.1) is 13.7 Å². The van der Waals surface area contributed by atoms with E-state index in [1.54, 1.807) is 7.11 Å². The van der Waals surface area contributed by atoms with Gasteiger partial charge in [-0.15, -0.1) is 11.8 Å². The third-order valence-electron chi connectivity index (χ3n) is 3.01. The Morgan fingerprint density at radius 2 is 1.90 bits per heavy atom. The molecule has 21 heavy (non-hydrogen) atoms. The van der Waals surface area contributed by atoms with Gasteiger partial charge in [0.2, 0.25) is 0 Å². The van der Waals surface area contributed by atoms with Crippen LogP contribution in [0.15, 0.2) is 40.8 Å². The van der Waals surface area contributed by atoms with Gasteiger partial charge in [0.15, 0.2) is 0 Å². The van der Waals surface area contributed by atoms with Gasteiger partial charge in [-0.05, 0) is 58.4 Å². The molecule has 0 heterocycles. The summed E-state index contributed by atoms with van der Waals surface area (Å²) in [6.07, 6.45) is 2.72. The second kappa shape index (κ2) is 8.13. The number of hydrogen-bond donors (Lipinski definition) is 0. The standard InChI is InChI=1S/C17H24O3S/c1-6-20-16(18)17(4,12-11-13(2)3)21-15-9-7-14(19-5)8-10-15/h7-11H,6,12H2,1-5H3. The quantitative estimate of drug-likeness (QED) is 0.423. The maximum atomic E-state index is 12.3. The zero-order valence-corrected chi connectivity index (χ0v) is 14.3. The zero-order chi connectivity index (χ0) is 15.9. The maximum Gasteiger partial charge on any atom is 0.322 e. The third-order valence-corrected chi connectivity index (χ3v) is 4.30. The van der Waals surface area contributed by atoms with E-state index < -0.39 is 4.75 Å². The van der Waals surface area contributed by atoms with E-state index in [1.807, 2.05) is 52.0 Å². The summed E-state index contributed by atoms with van der Waals surface area (Å²) in [6, 6.07) is 7.72. The molecule has 3 nitrogen and oxygen atoms in total. The minimum Gasteiger partial charge on any atom is -0.497 e. The maximum absolute atomic E-state index is 12.3. The van der Waals surface area contributed by atoms with Crippen LogP contribution in [0.25, 0.3) is 0 Å². The fourth-order valence-corrected chi connectivity index (χ4v) is 2.85. The van der Waals surface area contributed by atoms with Crippen molar-refractivity contribution in [2.45, 2.75) is 43.8 Å². The van der Waals surface area contributed by atoms with Crippen LogP contribution in [-0.2, 0) is 9.53 Å². The molecule has 1 aromatic carbocycles. The van der Waals surface area contributed by atoms with Crippen LogP contribution in [0.5, 0.6) is 5.75 Å². The van der Waals surface area contributed by atoms with E-state index in [4.69, 9.17) is 9.47 Å². The van der Waals surface area contributed by atoms with Crippen LogP contribution in [0.1, 0.15) is 34.1 Å². The van der Waals surface area contributed by atoms with Crippen molar-refractivity contribution in [1.82, 2.24) is 0 Å². The molecular weight excluding hydrogens is 284 g/mol. The van der Waals surface area contributed by atoms with E-state index >= 15 is 0 Å². The normalized spacial score (nSPS) is 13.2. The second-order valence-electron chi connectivity index (χ2n) is 5.21. The number of esters is 1. The van der Waals surface area contributed by atoms with Crippen molar-refractivity contribution in [2.75, 3.05) is 13.7 Å². The Labute approximate surface area is 131 Å². The first-order chi connectivity index (χ1) is 9.91. The zero-order valence-electron chi connectivity index (χ0n) is 13.4. The lowest BCUT2D eigenvalue weighted by atomic mass is 10.1. The van der Waals surface area contributed by atoms with Crippen molar-refractivity contribution < 1.29 is 14.3 Å². The fourth-order valence-electron chi connectivity index (χ4n) is 1.75. The highest BCUT2D eigenvalue weighted by Gasteiger charge is 2.35. The van der Waals surface area contributed by atoms with Crippen molar-refractivity contribution in [2.24, 2.45) is 0 Å². The van der Waals surface area contributed by atoms with Crippen LogP contribution < -0.4 is 4.74 Å². The van der Waals surface area contributed by atoms with Crippen molar-refractivity contribution in [1.29, 1.82) is 0 Å². The summed E-state index contributed by atoms with van der Waals surface area (Å²) in [6.45, 7) is 8.22. The predicted octanol–water partition coefficient (Wildman–Crippen LogP) is 4.47. The summed E-state index contributed by atoms with van der Waals surface area (Å²) < 4.78 is 9.77. The summed E-state index contributed by atoms with van der Waals surface area (Å²) in [7, 11) is 1.64. The molecule has 0 fully saturated rings. The number of carbonyl (C=O) groups excluding carboxylic acids is 1. The van der Waals surface area contributed by atoms with Crippen LogP contribution in [0, 0.1) is 0 Å². The molecule has 0 saturated heterocycles. The van der Waals surface area contributed by atoms with Crippen LogP contribution in [0.2, 0.25) is 0 Å². The highest BCUT2D eigenvalue weighted by molar-refractivity contribution is 8.01. The number of allylic oxidation sites excluding steroid dienone is 2. The Kier molecular flexibility index (Phi) is 6.82. The number of rotatable bonds is 7. The molecule has 4 heteroatoms. The molecule has 1 rings (SSSR count). The molecule has 1 unspecified atom stereocenters. The third kappa shape index (κ3) is 5.46. The summed E-state index contributed by atoms with van der Waals surface area (Å²) in [5, 5.41) is 0. The van der Waals surface area contributed by atoms with Crippen molar-refractivity contribution >= 4 is 17.7 Å². The van der Waals surface area contributed by atoms with Gasteiger partial charge < -0.3 is 9.47 Å². The highest BCUT2D eigenvalue weighted by atomic mass is 32.2. The van der Waals surface area contributed by atoms with E-state index in [2.05, 4.69) is 6.08 Å². The van der Waals surface area contributed by atoms with E-state index in [0.717, 1.165) is 10.6 Å². The minimum absolute atomic E-state index is 0.177. The van der Waals surface area contributed by atoms with Crippen molar-refractivity contribution in [3.05, 3.63) is 35.9 Å². The summed E-state index contributed by atoms with van der Waals surface area (Å²) >= 11 is 1.53. The predicted molar refractivity (Wildman–Crippen MR) is 87.9 cm³/mol. The first-order valence-electron chi connectivity index (χ1n) is 7.05. The van der Waals surface area contributed by atoms with E-state index in [9.17, 15) is 4.79 Å². The van der Waals surface area contributed by atoms with Crippen LogP contribution >= 0.6 is 11.8 Å². The Morgan fingerprint density at radius 3 is 2.38 bits per heavy atom. The van der Waals surface area contributed by atoms with E-state index in [0.29, 0.717) is 13.0 Å². The lowest BCUT2D eigenvalue weighted by molar-refractivity contribution is -0.145. The Bertz CT molecular complexity index is 489. The molecule has 0 saturated carbocycles. The Morgan fingerprint density at radius 1 is 1.29 bits per heavy atom. The van der Waals surface area contributed by atoms with Gasteiger partial charge in [-0.25, -0.2) is 0 Å². The number of ether oxygens (including phenoxy) is 2. The summed E-state index contributed by atoms with van der Waals surface area (Å²) in [4.78, 5) is 13.3. The van der Waals surface area contributed by atoms with Crippen molar-refractivity contribution in [3.8, 4) is 5.75 Å². The molecule has 0 bridgehead atoms. The number of benzene rings is 1. The molecule has 0 N–H and O–H groups in total. The van der Waals surface area contributed by atoms with Gasteiger partial charge in [0.1, 0.15) is 10.5 Å². The number of thioether (sulfide) groups is 1. The largest absolute Gasteiger partial charge is 0.497 e. The van der Waals surface area contributed by atoms with Gasteiger partial charge in [0, 0.05) is 4.90 Å². The molecule has 116 valence electrons. The number of carbonyl (C=O) groups is 1. The lowest BCUT2D eigenvalue weighted by Gasteiger charge is -2.25. The van der Waals surface area contributed by atoms with Gasteiger partial charge in [0.25, 0.3) is 0 Å². The average molecular weight is 308 g/mol.